The zero-order valence-electron chi connectivity index (χ0n) is 11.8. The van der Waals surface area contributed by atoms with Gasteiger partial charge >= 0.3 is 0 Å². The Kier molecular flexibility index (Phi) is 4.08. The van der Waals surface area contributed by atoms with Gasteiger partial charge in [-0.05, 0) is 43.0 Å². The van der Waals surface area contributed by atoms with Gasteiger partial charge in [-0.2, -0.15) is 0 Å². The van der Waals surface area contributed by atoms with E-state index in [4.69, 9.17) is 11.6 Å². The zero-order valence-corrected chi connectivity index (χ0v) is 12.5. The van der Waals surface area contributed by atoms with Gasteiger partial charge < -0.3 is 9.88 Å². The molecule has 4 heteroatoms. The predicted molar refractivity (Wildman–Crippen MR) is 82.0 cm³/mol. The molecule has 0 amide bonds. The van der Waals surface area contributed by atoms with E-state index in [1.54, 1.807) is 0 Å². The van der Waals surface area contributed by atoms with Crippen molar-refractivity contribution in [2.45, 2.75) is 45.3 Å². The monoisotopic (exact) mass is 289 g/mol. The maximum atomic E-state index is 6.14. The van der Waals surface area contributed by atoms with Crippen molar-refractivity contribution < 1.29 is 0 Å². The first-order valence-corrected chi connectivity index (χ1v) is 7.64. The van der Waals surface area contributed by atoms with Gasteiger partial charge in [0, 0.05) is 43.0 Å². The molecule has 1 aliphatic rings. The Morgan fingerprint density at radius 2 is 2.20 bits per heavy atom. The summed E-state index contributed by atoms with van der Waals surface area (Å²) in [6, 6.07) is 6.88. The van der Waals surface area contributed by atoms with Crippen LogP contribution in [-0.4, -0.2) is 15.6 Å². The van der Waals surface area contributed by atoms with E-state index in [2.05, 4.69) is 33.9 Å². The van der Waals surface area contributed by atoms with Crippen molar-refractivity contribution in [3.05, 3.63) is 52.6 Å². The first kappa shape index (κ1) is 13.7. The number of hydrogen-bond acceptors (Lipinski definition) is 2. The Bertz CT molecular complexity index is 587. The van der Waals surface area contributed by atoms with E-state index in [-0.39, 0.29) is 0 Å². The highest BCUT2D eigenvalue weighted by Gasteiger charge is 2.20. The van der Waals surface area contributed by atoms with Crippen LogP contribution in [0.1, 0.15) is 36.7 Å². The van der Waals surface area contributed by atoms with Gasteiger partial charge in [-0.1, -0.05) is 17.7 Å². The number of imidazole rings is 1. The predicted octanol–water partition coefficient (Wildman–Crippen LogP) is 3.40. The van der Waals surface area contributed by atoms with E-state index >= 15 is 0 Å². The highest BCUT2D eigenvalue weighted by Crippen LogP contribution is 2.22. The number of hydrogen-bond donors (Lipinski definition) is 1. The van der Waals surface area contributed by atoms with Crippen LogP contribution in [0.5, 0.6) is 0 Å². The molecule has 0 bridgehead atoms. The van der Waals surface area contributed by atoms with Crippen molar-refractivity contribution >= 4 is 11.6 Å². The lowest BCUT2D eigenvalue weighted by Gasteiger charge is -2.12. The van der Waals surface area contributed by atoms with Gasteiger partial charge in [0.05, 0.1) is 0 Å². The van der Waals surface area contributed by atoms with Crippen LogP contribution in [0.15, 0.2) is 30.6 Å². The van der Waals surface area contributed by atoms with Crippen LogP contribution in [0.25, 0.3) is 0 Å². The third-order valence-corrected chi connectivity index (χ3v) is 4.05. The first-order chi connectivity index (χ1) is 9.76. The van der Waals surface area contributed by atoms with E-state index in [0.717, 1.165) is 30.4 Å². The maximum absolute atomic E-state index is 6.14. The molecule has 1 fully saturated rings. The molecule has 0 spiro atoms. The number of rotatable bonds is 6. The Balaban J connectivity index is 1.80. The number of benzene rings is 1. The lowest BCUT2D eigenvalue weighted by Crippen LogP contribution is -2.17. The second-order valence-corrected chi connectivity index (χ2v) is 5.81. The van der Waals surface area contributed by atoms with Crippen LogP contribution in [0.3, 0.4) is 0 Å². The summed E-state index contributed by atoms with van der Waals surface area (Å²) in [6.45, 7) is 3.99. The molecule has 1 aromatic heterocycles. The molecule has 106 valence electrons. The molecule has 3 nitrogen and oxygen atoms in total. The fraction of sp³-hybridized carbons (Fsp3) is 0.438. The van der Waals surface area contributed by atoms with E-state index in [1.807, 2.05) is 18.5 Å². The normalized spacial score (nSPS) is 14.7. The molecule has 1 saturated carbocycles. The fourth-order valence-corrected chi connectivity index (χ4v) is 2.63. The van der Waals surface area contributed by atoms with Crippen molar-refractivity contribution in [2.75, 3.05) is 0 Å². The van der Waals surface area contributed by atoms with Gasteiger partial charge in [0.2, 0.25) is 0 Å². The zero-order chi connectivity index (χ0) is 13.9. The largest absolute Gasteiger partial charge is 0.335 e. The molecule has 1 aromatic carbocycles. The van der Waals surface area contributed by atoms with Crippen molar-refractivity contribution in [1.29, 1.82) is 0 Å². The molecule has 1 aliphatic carbocycles. The summed E-state index contributed by atoms with van der Waals surface area (Å²) in [5, 5.41) is 4.37. The second-order valence-electron chi connectivity index (χ2n) is 5.37. The molecule has 3 rings (SSSR count). The SMILES string of the molecule is CCn1ccnc1Cc1ccc(Cl)cc1CNC1CC1. The summed E-state index contributed by atoms with van der Waals surface area (Å²) in [5.41, 5.74) is 2.60. The Morgan fingerprint density at radius 3 is 2.95 bits per heavy atom. The third kappa shape index (κ3) is 3.22. The number of aryl methyl sites for hydroxylation is 1. The standard InChI is InChI=1S/C16H20ClN3/c1-2-20-8-7-18-16(20)10-12-3-4-14(17)9-13(12)11-19-15-5-6-15/h3-4,7-9,15,19H,2,5-6,10-11H2,1H3. The Morgan fingerprint density at radius 1 is 1.35 bits per heavy atom. The number of nitrogens with zero attached hydrogens (tertiary/aromatic N) is 2. The van der Waals surface area contributed by atoms with E-state index < -0.39 is 0 Å². The van der Waals surface area contributed by atoms with Gasteiger partial charge in [0.25, 0.3) is 0 Å². The molecule has 0 unspecified atom stereocenters. The lowest BCUT2D eigenvalue weighted by molar-refractivity contribution is 0.677. The minimum Gasteiger partial charge on any atom is -0.335 e. The molecule has 1 N–H and O–H groups in total. The fourth-order valence-electron chi connectivity index (χ4n) is 2.44. The molecule has 0 saturated heterocycles. The molecule has 20 heavy (non-hydrogen) atoms. The van der Waals surface area contributed by atoms with E-state index in [9.17, 15) is 0 Å². The van der Waals surface area contributed by atoms with Crippen LogP contribution in [0, 0.1) is 0 Å². The van der Waals surface area contributed by atoms with Crippen LogP contribution in [-0.2, 0) is 19.5 Å². The summed E-state index contributed by atoms with van der Waals surface area (Å²) in [7, 11) is 0. The molecule has 1 heterocycles. The van der Waals surface area contributed by atoms with Gasteiger partial charge in [-0.3, -0.25) is 0 Å². The average molecular weight is 290 g/mol. The summed E-state index contributed by atoms with van der Waals surface area (Å²) in [5.74, 6) is 1.11. The van der Waals surface area contributed by atoms with E-state index in [1.165, 1.54) is 24.0 Å². The molecular weight excluding hydrogens is 270 g/mol. The van der Waals surface area contributed by atoms with Crippen molar-refractivity contribution in [3.8, 4) is 0 Å². The minimum absolute atomic E-state index is 0.708. The lowest BCUT2D eigenvalue weighted by atomic mass is 10.0. The third-order valence-electron chi connectivity index (χ3n) is 3.82. The van der Waals surface area contributed by atoms with Crippen molar-refractivity contribution in [2.24, 2.45) is 0 Å². The van der Waals surface area contributed by atoms with Gasteiger partial charge in [0.15, 0.2) is 0 Å². The molecule has 2 aromatic rings. The summed E-state index contributed by atoms with van der Waals surface area (Å²) >= 11 is 6.14. The Labute approximate surface area is 125 Å². The minimum atomic E-state index is 0.708. The van der Waals surface area contributed by atoms with Crippen LogP contribution >= 0.6 is 11.6 Å². The van der Waals surface area contributed by atoms with Crippen LogP contribution < -0.4 is 5.32 Å². The second kappa shape index (κ2) is 5.98. The number of aromatic nitrogens is 2. The highest BCUT2D eigenvalue weighted by atomic mass is 35.5. The number of halogens is 1. The smallest absolute Gasteiger partial charge is 0.113 e. The molecule has 0 radical (unpaired) electrons. The number of nitrogens with one attached hydrogen (secondary N) is 1. The summed E-state index contributed by atoms with van der Waals surface area (Å²) < 4.78 is 2.19. The summed E-state index contributed by atoms with van der Waals surface area (Å²) in [6.07, 6.45) is 7.37. The molecule has 0 aliphatic heterocycles. The average Bonchev–Trinajstić information content (AvgIpc) is 3.17. The first-order valence-electron chi connectivity index (χ1n) is 7.27. The topological polar surface area (TPSA) is 29.9 Å². The summed E-state index contributed by atoms with van der Waals surface area (Å²) in [4.78, 5) is 4.46. The van der Waals surface area contributed by atoms with E-state index in [0.29, 0.717) is 6.04 Å². The maximum Gasteiger partial charge on any atom is 0.113 e. The van der Waals surface area contributed by atoms with Gasteiger partial charge in [0.1, 0.15) is 5.82 Å². The van der Waals surface area contributed by atoms with Crippen LogP contribution in [0.2, 0.25) is 5.02 Å². The van der Waals surface area contributed by atoms with Gasteiger partial charge in [-0.15, -0.1) is 0 Å². The van der Waals surface area contributed by atoms with Crippen molar-refractivity contribution in [3.63, 3.8) is 0 Å². The molecular formula is C16H20ClN3. The quantitative estimate of drug-likeness (QED) is 0.883. The molecule has 0 atom stereocenters. The van der Waals surface area contributed by atoms with Crippen LogP contribution in [0.4, 0.5) is 0 Å². The Hall–Kier alpha value is -1.32. The van der Waals surface area contributed by atoms with Crippen molar-refractivity contribution in [1.82, 2.24) is 14.9 Å². The highest BCUT2D eigenvalue weighted by molar-refractivity contribution is 6.30. The van der Waals surface area contributed by atoms with Gasteiger partial charge in [-0.25, -0.2) is 4.98 Å².